The zero-order chi connectivity index (χ0) is 23.3. The number of hydrogen-bond donors (Lipinski definition) is 5. The Balaban J connectivity index is 2.09. The maximum absolute atomic E-state index is 12.7. The zero-order valence-electron chi connectivity index (χ0n) is 16.2. The summed E-state index contributed by atoms with van der Waals surface area (Å²) in [5.74, 6) is -1.87. The summed E-state index contributed by atoms with van der Waals surface area (Å²) in [4.78, 5) is 34.0. The second-order valence-electron chi connectivity index (χ2n) is 7.26. The molecule has 3 aromatic rings. The maximum atomic E-state index is 12.7. The number of imidazole rings is 1. The smallest absolute Gasteiger partial charge is 0.385 e. The van der Waals surface area contributed by atoms with Crippen LogP contribution in [-0.2, 0) is 21.7 Å². The highest BCUT2D eigenvalue weighted by Crippen LogP contribution is 2.52. The van der Waals surface area contributed by atoms with E-state index in [4.69, 9.17) is 17.0 Å². The van der Waals surface area contributed by atoms with Crippen molar-refractivity contribution in [2.75, 3.05) is 6.61 Å². The third-order valence-corrected chi connectivity index (χ3v) is 5.96. The number of fused-ring (bicyclic) bond motifs is 1. The van der Waals surface area contributed by atoms with E-state index in [9.17, 15) is 35.3 Å². The molecule has 1 aliphatic rings. The zero-order valence-corrected chi connectivity index (χ0v) is 17.0. The summed E-state index contributed by atoms with van der Waals surface area (Å²) in [5, 5.41) is 55.1. The van der Waals surface area contributed by atoms with Gasteiger partial charge in [-0.15, -0.1) is 0 Å². The fraction of sp³-hybridized carbons (Fsp3) is 0.333. The number of nitrogens with one attached hydrogen (secondary N) is 1. The number of benzene rings is 1. The van der Waals surface area contributed by atoms with Gasteiger partial charge in [-0.05, 0) is 5.56 Å². The minimum atomic E-state index is -3.42. The molecule has 4 rings (SSSR count). The average Bonchev–Trinajstić information content (AvgIpc) is 3.27. The monoisotopic (exact) mass is 463 g/mol. The number of ether oxygens (including phenoxy) is 1. The molecule has 0 spiro atoms. The van der Waals surface area contributed by atoms with Crippen LogP contribution in [0.4, 0.5) is 0 Å². The first-order chi connectivity index (χ1) is 15.1. The lowest BCUT2D eigenvalue weighted by atomic mass is 9.76. The van der Waals surface area contributed by atoms with Gasteiger partial charge in [0.1, 0.15) is 17.5 Å². The molecule has 13 nitrogen and oxygen atoms in total. The Bertz CT molecular complexity index is 1260. The number of aromatic amines is 1. The maximum Gasteiger partial charge on any atom is 0.385 e. The summed E-state index contributed by atoms with van der Waals surface area (Å²) in [6.45, 7) is -1.16. The van der Waals surface area contributed by atoms with Gasteiger partial charge < -0.3 is 30.1 Å². The lowest BCUT2D eigenvalue weighted by Crippen LogP contribution is -2.71. The van der Waals surface area contributed by atoms with Crippen LogP contribution in [0.3, 0.4) is 0 Å². The first-order valence-corrected chi connectivity index (χ1v) is 9.60. The molecule has 1 aromatic carbocycles. The Labute approximate surface area is 183 Å². The van der Waals surface area contributed by atoms with Gasteiger partial charge in [-0.2, -0.15) is 0 Å². The molecule has 1 aliphatic heterocycles. The molecule has 5 N–H and O–H groups in total. The van der Waals surface area contributed by atoms with Gasteiger partial charge in [0, 0.05) is 6.42 Å². The fourth-order valence-electron chi connectivity index (χ4n) is 4.16. The third kappa shape index (κ3) is 2.64. The number of aliphatic hydroxyl groups is 3. The molecule has 2 aromatic heterocycles. The van der Waals surface area contributed by atoms with Gasteiger partial charge in [-0.1, -0.05) is 42.5 Å². The number of carboxylic acids is 1. The predicted octanol–water partition coefficient (Wildman–Crippen LogP) is -0.444. The molecule has 0 bridgehead atoms. The largest absolute Gasteiger partial charge is 0.478 e. The van der Waals surface area contributed by atoms with Crippen molar-refractivity contribution in [1.82, 2.24) is 19.5 Å². The van der Waals surface area contributed by atoms with Crippen LogP contribution in [0.15, 0.2) is 43.0 Å². The van der Waals surface area contributed by atoms with Crippen molar-refractivity contribution < 1.29 is 34.9 Å². The van der Waals surface area contributed by atoms with E-state index in [0.29, 0.717) is 0 Å². The van der Waals surface area contributed by atoms with Crippen molar-refractivity contribution in [1.29, 1.82) is 0 Å². The van der Waals surface area contributed by atoms with Gasteiger partial charge in [0.25, 0.3) is 5.72 Å². The number of nitrogens with zero attached hydrogens (tertiary/aromatic N) is 4. The fourth-order valence-corrected chi connectivity index (χ4v) is 4.36. The normalized spacial score (nSPS) is 29.9. The molecule has 0 unspecified atom stereocenters. The Kier molecular flexibility index (Phi) is 5.06. The van der Waals surface area contributed by atoms with Crippen molar-refractivity contribution >= 4 is 29.4 Å². The van der Waals surface area contributed by atoms with E-state index < -0.39 is 47.1 Å². The van der Waals surface area contributed by atoms with Crippen molar-refractivity contribution in [3.05, 3.63) is 63.3 Å². The van der Waals surface area contributed by atoms with Crippen LogP contribution in [-0.4, -0.2) is 74.9 Å². The predicted molar refractivity (Wildman–Crippen MR) is 107 cm³/mol. The van der Waals surface area contributed by atoms with Crippen LogP contribution in [0.1, 0.15) is 5.56 Å². The van der Waals surface area contributed by atoms with E-state index in [1.165, 1.54) is 12.1 Å². The molecule has 0 saturated carbocycles. The number of H-pyrrole nitrogens is 1. The molecule has 0 radical (unpaired) electrons. The molecule has 0 amide bonds. The molecular weight excluding hydrogens is 446 g/mol. The summed E-state index contributed by atoms with van der Waals surface area (Å²) in [7, 11) is 0. The van der Waals surface area contributed by atoms with Crippen LogP contribution in [0.2, 0.25) is 0 Å². The van der Waals surface area contributed by atoms with Gasteiger partial charge in [-0.3, -0.25) is 14.7 Å². The minimum absolute atomic E-state index is 0.00844. The summed E-state index contributed by atoms with van der Waals surface area (Å²) in [6, 6.07) is 7.76. The van der Waals surface area contributed by atoms with Crippen LogP contribution < -0.4 is 0 Å². The summed E-state index contributed by atoms with van der Waals surface area (Å²) >= 11 is 5.08. The Hall–Kier alpha value is -3.30. The second-order valence-corrected chi connectivity index (χ2v) is 7.65. The summed E-state index contributed by atoms with van der Waals surface area (Å²) in [5.41, 5.74) is -9.32. The first kappa shape index (κ1) is 21.9. The van der Waals surface area contributed by atoms with E-state index in [-0.39, 0.29) is 21.4 Å². The van der Waals surface area contributed by atoms with Crippen molar-refractivity contribution in [2.45, 2.75) is 29.6 Å². The van der Waals surface area contributed by atoms with Gasteiger partial charge in [0.2, 0.25) is 5.60 Å². The van der Waals surface area contributed by atoms with Gasteiger partial charge in [-0.25, -0.2) is 14.8 Å². The number of hydrogen-bond acceptors (Lipinski definition) is 10. The molecule has 3 heterocycles. The van der Waals surface area contributed by atoms with Crippen molar-refractivity contribution in [3.8, 4) is 0 Å². The molecule has 14 heteroatoms. The quantitative estimate of drug-likeness (QED) is 0.137. The van der Waals surface area contributed by atoms with E-state index in [2.05, 4.69) is 15.0 Å². The second kappa shape index (κ2) is 7.39. The topological polar surface area (TPSA) is 197 Å². The van der Waals surface area contributed by atoms with Crippen LogP contribution in [0.25, 0.3) is 11.2 Å². The number of carboxylic acid groups (broad SMARTS) is 1. The molecule has 32 heavy (non-hydrogen) atoms. The highest BCUT2D eigenvalue weighted by Gasteiger charge is 2.85. The third-order valence-electron chi connectivity index (χ3n) is 5.66. The Morgan fingerprint density at radius 3 is 2.59 bits per heavy atom. The van der Waals surface area contributed by atoms with Crippen LogP contribution >= 0.6 is 12.2 Å². The van der Waals surface area contributed by atoms with Crippen molar-refractivity contribution in [2.24, 2.45) is 0 Å². The van der Waals surface area contributed by atoms with Gasteiger partial charge in [0.15, 0.2) is 10.7 Å². The molecule has 4 atom stereocenters. The SMILES string of the molecule is O=C(O)[C@@]1(n2cnc3c(=S)nc[nH]c32)O[C@H](CO)[C@](O)([N+](=O)[O-])[C@]1(O)Cc1ccccc1. The van der Waals surface area contributed by atoms with E-state index in [1.807, 2.05) is 0 Å². The van der Waals surface area contributed by atoms with E-state index in [0.717, 1.165) is 17.2 Å². The van der Waals surface area contributed by atoms with E-state index in [1.54, 1.807) is 18.2 Å². The number of aliphatic hydroxyl groups excluding tert-OH is 1. The summed E-state index contributed by atoms with van der Waals surface area (Å²) in [6.07, 6.45) is -0.737. The number of carbonyl (C=O) groups is 1. The average molecular weight is 463 g/mol. The van der Waals surface area contributed by atoms with Crippen LogP contribution in [0.5, 0.6) is 0 Å². The molecular formula is C18H17N5O8S. The summed E-state index contributed by atoms with van der Waals surface area (Å²) < 4.78 is 6.27. The number of nitro groups is 1. The first-order valence-electron chi connectivity index (χ1n) is 9.20. The molecule has 0 aliphatic carbocycles. The van der Waals surface area contributed by atoms with E-state index >= 15 is 0 Å². The van der Waals surface area contributed by atoms with Gasteiger partial charge in [0.05, 0.1) is 17.9 Å². The highest BCUT2D eigenvalue weighted by molar-refractivity contribution is 7.71. The lowest BCUT2D eigenvalue weighted by Gasteiger charge is -2.39. The van der Waals surface area contributed by atoms with Gasteiger partial charge >= 0.3 is 11.7 Å². The standard InChI is InChI=1S/C18H17N5O8S/c24-7-11-17(28,23(29)30)16(27,6-10-4-2-1-3-5-10)18(31-11,15(25)26)22-9-21-12-13(22)19-8-20-14(12)32/h1-5,8-9,11,24,27-28H,6-7H2,(H,25,26)(H,19,20,32)/t11-,16-,17-,18-/m1/s1. The number of aromatic nitrogens is 4. The Morgan fingerprint density at radius 1 is 1.31 bits per heavy atom. The number of rotatable bonds is 6. The number of aliphatic carboxylic acids is 1. The molecule has 168 valence electrons. The molecule has 1 fully saturated rings. The Morgan fingerprint density at radius 2 is 2.00 bits per heavy atom. The van der Waals surface area contributed by atoms with Crippen LogP contribution in [0, 0.1) is 14.8 Å². The highest BCUT2D eigenvalue weighted by atomic mass is 32.1. The lowest BCUT2D eigenvalue weighted by molar-refractivity contribution is -0.652. The van der Waals surface area contributed by atoms with Crippen molar-refractivity contribution in [3.63, 3.8) is 0 Å². The minimum Gasteiger partial charge on any atom is -0.478 e. The molecule has 1 saturated heterocycles.